The number of carbonyl (C=O) groups is 1. The molecule has 79 heavy (non-hydrogen) atoms. The van der Waals surface area contributed by atoms with E-state index in [0.717, 1.165) is 109 Å². The van der Waals surface area contributed by atoms with Crippen molar-refractivity contribution >= 4 is 5.97 Å². The van der Waals surface area contributed by atoms with E-state index in [0.29, 0.717) is 13.0 Å². The van der Waals surface area contributed by atoms with Gasteiger partial charge in [0.05, 0.1) is 26.4 Å². The van der Waals surface area contributed by atoms with Gasteiger partial charge in [0.1, 0.15) is 54.9 Å². The Morgan fingerprint density at radius 2 is 0.823 bits per heavy atom. The highest BCUT2D eigenvalue weighted by atomic mass is 16.7. The van der Waals surface area contributed by atoms with Crippen molar-refractivity contribution in [2.24, 2.45) is 0 Å². The number of aliphatic hydroxyl groups is 7. The molecule has 0 aromatic heterocycles. The Balaban J connectivity index is 1.71. The van der Waals surface area contributed by atoms with Gasteiger partial charge in [-0.15, -0.1) is 0 Å². The van der Waals surface area contributed by atoms with Crippen molar-refractivity contribution in [1.82, 2.24) is 0 Å². The first-order valence-electron chi connectivity index (χ1n) is 30.8. The number of ether oxygens (including phenoxy) is 6. The number of unbranched alkanes of at least 4 members (excludes halogenated alkanes) is 19. The molecule has 14 nitrogen and oxygen atoms in total. The van der Waals surface area contributed by atoms with Crippen LogP contribution in [0.4, 0.5) is 0 Å². The van der Waals surface area contributed by atoms with Gasteiger partial charge in [0.2, 0.25) is 0 Å². The van der Waals surface area contributed by atoms with Crippen molar-refractivity contribution in [3.8, 4) is 0 Å². The highest BCUT2D eigenvalue weighted by Gasteiger charge is 2.47. The zero-order valence-electron chi connectivity index (χ0n) is 48.8. The highest BCUT2D eigenvalue weighted by Crippen LogP contribution is 2.27. The maximum atomic E-state index is 13.1. The van der Waals surface area contributed by atoms with Gasteiger partial charge in [0.25, 0.3) is 0 Å². The summed E-state index contributed by atoms with van der Waals surface area (Å²) in [5.74, 6) is -0.394. The van der Waals surface area contributed by atoms with Crippen LogP contribution in [0.3, 0.4) is 0 Å². The molecule has 14 heteroatoms. The molecule has 2 heterocycles. The van der Waals surface area contributed by atoms with Crippen LogP contribution in [-0.4, -0.2) is 142 Å². The Morgan fingerprint density at radius 1 is 0.430 bits per heavy atom. The maximum Gasteiger partial charge on any atom is 0.306 e. The van der Waals surface area contributed by atoms with E-state index in [4.69, 9.17) is 28.4 Å². The van der Waals surface area contributed by atoms with E-state index in [1.54, 1.807) is 0 Å². The Labute approximate surface area is 477 Å². The lowest BCUT2D eigenvalue weighted by Gasteiger charge is -2.42. The first kappa shape index (κ1) is 72.0. The molecule has 0 aromatic carbocycles. The summed E-state index contributed by atoms with van der Waals surface area (Å²) in [5, 5.41) is 72.5. The predicted molar refractivity (Wildman–Crippen MR) is 316 cm³/mol. The summed E-state index contributed by atoms with van der Waals surface area (Å²) in [5.41, 5.74) is 0. The van der Waals surface area contributed by atoms with E-state index in [9.17, 15) is 40.5 Å². The van der Waals surface area contributed by atoms with Gasteiger partial charge < -0.3 is 64.2 Å². The van der Waals surface area contributed by atoms with Crippen molar-refractivity contribution in [3.05, 3.63) is 97.2 Å². The summed E-state index contributed by atoms with van der Waals surface area (Å²) in [6.07, 6.45) is 51.7. The zero-order valence-corrected chi connectivity index (χ0v) is 48.8. The van der Waals surface area contributed by atoms with Crippen LogP contribution in [0.5, 0.6) is 0 Å². The highest BCUT2D eigenvalue weighted by molar-refractivity contribution is 5.69. The standard InChI is InChI=1S/C65H110O14/c1-3-5-7-9-11-13-15-17-19-21-23-25-26-27-29-31-33-35-37-39-41-43-45-47-49-74-51-54(52-75-64-63(73)61(71)59(69)56(79-64)53-76-65-62(72)60(70)58(68)55(50-66)78-65)77-57(67)48-46-44-42-40-38-36-34-32-30-28-24-22-20-18-16-14-12-10-8-6-4-2/h5,7,11,13,16-19,22-25,27,29-30,32,54-56,58-66,68-73H,3-4,6,8-10,12,14-15,20-21,26,28,31,33-53H2,1-2H3/b7-5-,13-11-,18-16-,19-17-,24-22-,25-23-,29-27-,32-30-. The van der Waals surface area contributed by atoms with E-state index in [-0.39, 0.29) is 19.6 Å². The monoisotopic (exact) mass is 1110 g/mol. The first-order valence-corrected chi connectivity index (χ1v) is 30.8. The summed E-state index contributed by atoms with van der Waals surface area (Å²) >= 11 is 0. The lowest BCUT2D eigenvalue weighted by molar-refractivity contribution is -0.332. The molecule has 0 radical (unpaired) electrons. The molecule has 454 valence electrons. The van der Waals surface area contributed by atoms with E-state index in [1.165, 1.54) is 70.6 Å². The fourth-order valence-electron chi connectivity index (χ4n) is 9.14. The Bertz CT molecular complexity index is 1670. The van der Waals surface area contributed by atoms with E-state index >= 15 is 0 Å². The summed E-state index contributed by atoms with van der Waals surface area (Å²) in [6.45, 7) is 3.52. The minimum atomic E-state index is -1.72. The molecule has 11 atom stereocenters. The molecular weight excluding hydrogens is 1000 g/mol. The number of hydrogen-bond donors (Lipinski definition) is 7. The topological polar surface area (TPSA) is 214 Å². The normalized spacial score (nSPS) is 24.7. The molecule has 11 unspecified atom stereocenters. The Morgan fingerprint density at radius 3 is 1.29 bits per heavy atom. The van der Waals surface area contributed by atoms with Crippen LogP contribution >= 0.6 is 0 Å². The number of aliphatic hydroxyl groups excluding tert-OH is 7. The van der Waals surface area contributed by atoms with Gasteiger partial charge in [-0.2, -0.15) is 0 Å². The molecule has 0 bridgehead atoms. The molecule has 2 saturated heterocycles. The molecular formula is C65H110O14. The maximum absolute atomic E-state index is 13.1. The summed E-state index contributed by atoms with van der Waals surface area (Å²) in [7, 11) is 0. The van der Waals surface area contributed by atoms with Gasteiger partial charge in [0.15, 0.2) is 12.6 Å². The van der Waals surface area contributed by atoms with Crippen molar-refractivity contribution in [1.29, 1.82) is 0 Å². The first-order chi connectivity index (χ1) is 38.6. The molecule has 2 aliphatic heterocycles. The minimum Gasteiger partial charge on any atom is -0.457 e. The van der Waals surface area contributed by atoms with Crippen LogP contribution in [0.15, 0.2) is 97.2 Å². The van der Waals surface area contributed by atoms with Gasteiger partial charge in [-0.1, -0.05) is 201 Å². The molecule has 0 aliphatic carbocycles. The van der Waals surface area contributed by atoms with Gasteiger partial charge in [-0.3, -0.25) is 4.79 Å². The van der Waals surface area contributed by atoms with Crippen LogP contribution in [0, 0.1) is 0 Å². The van der Waals surface area contributed by atoms with Crippen molar-refractivity contribution < 1.29 is 69.0 Å². The number of carbonyl (C=O) groups excluding carboxylic acids is 1. The third kappa shape index (κ3) is 36.9. The summed E-state index contributed by atoms with van der Waals surface area (Å²) in [6, 6.07) is 0. The quantitative estimate of drug-likeness (QED) is 0.0172. The number of esters is 1. The van der Waals surface area contributed by atoms with Gasteiger partial charge in [0, 0.05) is 13.0 Å². The third-order valence-corrected chi connectivity index (χ3v) is 14.1. The minimum absolute atomic E-state index is 0.0443. The van der Waals surface area contributed by atoms with Crippen LogP contribution in [-0.2, 0) is 33.2 Å². The SMILES string of the molecule is CC/C=C\C/C=C\C/C=C\C/C=C\C/C=C\CCCCCCCCCCOCC(COC1OC(COC2OC(CO)C(O)C(O)C2O)C(O)C(O)C1O)OC(=O)CCCCCCCC/C=C\C/C=C\C/C=C\CCCCCCC. The van der Waals surface area contributed by atoms with Crippen molar-refractivity contribution in [3.63, 3.8) is 0 Å². The second-order valence-electron chi connectivity index (χ2n) is 21.1. The Hall–Kier alpha value is -3.09. The van der Waals surface area contributed by atoms with Crippen LogP contribution in [0.2, 0.25) is 0 Å². The lowest BCUT2D eigenvalue weighted by atomic mass is 9.98. The zero-order chi connectivity index (χ0) is 57.2. The van der Waals surface area contributed by atoms with E-state index < -0.39 is 86.7 Å². The van der Waals surface area contributed by atoms with Gasteiger partial charge >= 0.3 is 5.97 Å². The number of allylic oxidation sites excluding steroid dienone is 16. The Kier molecular flexibility index (Phi) is 46.1. The molecule has 7 N–H and O–H groups in total. The third-order valence-electron chi connectivity index (χ3n) is 14.1. The largest absolute Gasteiger partial charge is 0.457 e. The second kappa shape index (κ2) is 50.6. The second-order valence-corrected chi connectivity index (χ2v) is 21.1. The lowest BCUT2D eigenvalue weighted by Crippen LogP contribution is -2.61. The van der Waals surface area contributed by atoms with Crippen LogP contribution < -0.4 is 0 Å². The molecule has 0 aromatic rings. The number of rotatable bonds is 49. The average Bonchev–Trinajstić information content (AvgIpc) is 3.46. The van der Waals surface area contributed by atoms with Gasteiger partial charge in [-0.05, 0) is 96.3 Å². The fraction of sp³-hybridized carbons (Fsp3) is 0.738. The molecule has 2 aliphatic rings. The molecule has 0 amide bonds. The van der Waals surface area contributed by atoms with E-state index in [1.807, 2.05) is 0 Å². The van der Waals surface area contributed by atoms with Crippen LogP contribution in [0.1, 0.15) is 206 Å². The van der Waals surface area contributed by atoms with Crippen molar-refractivity contribution in [2.75, 3.05) is 33.0 Å². The summed E-state index contributed by atoms with van der Waals surface area (Å²) < 4.78 is 34.4. The molecule has 2 rings (SSSR count). The van der Waals surface area contributed by atoms with E-state index in [2.05, 4.69) is 111 Å². The predicted octanol–water partition coefficient (Wildman–Crippen LogP) is 11.7. The van der Waals surface area contributed by atoms with Crippen LogP contribution in [0.25, 0.3) is 0 Å². The fourth-order valence-corrected chi connectivity index (χ4v) is 9.14. The summed E-state index contributed by atoms with van der Waals surface area (Å²) in [4.78, 5) is 13.1. The van der Waals surface area contributed by atoms with Gasteiger partial charge in [-0.25, -0.2) is 0 Å². The smallest absolute Gasteiger partial charge is 0.306 e. The number of hydrogen-bond acceptors (Lipinski definition) is 14. The van der Waals surface area contributed by atoms with Crippen molar-refractivity contribution in [2.45, 2.75) is 274 Å². The molecule has 0 spiro atoms. The molecule has 0 saturated carbocycles. The average molecular weight is 1120 g/mol. The molecule has 2 fully saturated rings.